The molecule has 3 unspecified atom stereocenters. The highest BCUT2D eigenvalue weighted by molar-refractivity contribution is 5.72. The number of H-pyrrole nitrogens is 1. The summed E-state index contributed by atoms with van der Waals surface area (Å²) in [5.74, 6) is 1.13. The van der Waals surface area contributed by atoms with Crippen molar-refractivity contribution in [2.75, 3.05) is 19.6 Å². The summed E-state index contributed by atoms with van der Waals surface area (Å²) in [5, 5.41) is 11.1. The Balaban J connectivity index is 1.20. The molecule has 5 nitrogen and oxygen atoms in total. The molecule has 2 fully saturated rings. The number of rotatable bonds is 5. The van der Waals surface area contributed by atoms with Crippen LogP contribution in [0, 0.1) is 11.8 Å². The van der Waals surface area contributed by atoms with Gasteiger partial charge < -0.3 is 14.4 Å². The van der Waals surface area contributed by atoms with Crippen LogP contribution in [0.2, 0.25) is 0 Å². The predicted molar refractivity (Wildman–Crippen MR) is 113 cm³/mol. The molecule has 1 aliphatic carbocycles. The van der Waals surface area contributed by atoms with Gasteiger partial charge in [0.25, 0.3) is 0 Å². The lowest BCUT2D eigenvalue weighted by Crippen LogP contribution is -2.33. The van der Waals surface area contributed by atoms with Crippen LogP contribution in [0.1, 0.15) is 36.8 Å². The van der Waals surface area contributed by atoms with Crippen LogP contribution in [-0.4, -0.2) is 40.2 Å². The van der Waals surface area contributed by atoms with Crippen molar-refractivity contribution in [3.05, 3.63) is 70.2 Å². The van der Waals surface area contributed by atoms with Gasteiger partial charge in [0.15, 0.2) is 5.58 Å². The van der Waals surface area contributed by atoms with E-state index in [-0.39, 0.29) is 0 Å². The molecule has 1 saturated carbocycles. The van der Waals surface area contributed by atoms with E-state index in [2.05, 4.69) is 35.0 Å². The molecule has 2 aliphatic rings. The summed E-state index contributed by atoms with van der Waals surface area (Å²) in [6, 6.07) is 16.3. The molecule has 5 heteroatoms. The van der Waals surface area contributed by atoms with E-state index >= 15 is 0 Å². The molecule has 0 radical (unpaired) electrons. The normalized spacial score (nSPS) is 28.1. The van der Waals surface area contributed by atoms with Crippen LogP contribution < -0.4 is 5.76 Å². The van der Waals surface area contributed by atoms with Gasteiger partial charge in [-0.3, -0.25) is 4.98 Å². The maximum absolute atomic E-state index is 11.4. The fraction of sp³-hybridized carbons (Fsp3) is 0.458. The summed E-state index contributed by atoms with van der Waals surface area (Å²) in [6.45, 7) is 5.34. The van der Waals surface area contributed by atoms with E-state index in [4.69, 9.17) is 4.42 Å². The van der Waals surface area contributed by atoms with Gasteiger partial charge in [-0.25, -0.2) is 4.79 Å². The van der Waals surface area contributed by atoms with Gasteiger partial charge in [-0.15, -0.1) is 0 Å². The number of likely N-dealkylation sites (tertiary alicyclic amines) is 1. The quantitative estimate of drug-likeness (QED) is 0.697. The first-order valence-corrected chi connectivity index (χ1v) is 10.6. The van der Waals surface area contributed by atoms with Gasteiger partial charge in [0, 0.05) is 26.1 Å². The summed E-state index contributed by atoms with van der Waals surface area (Å²) in [4.78, 5) is 16.6. The van der Waals surface area contributed by atoms with Crippen molar-refractivity contribution in [3.63, 3.8) is 0 Å². The third-order valence-electron chi connectivity index (χ3n) is 6.86. The van der Waals surface area contributed by atoms with Crippen LogP contribution in [0.15, 0.2) is 57.7 Å². The lowest BCUT2D eigenvalue weighted by atomic mass is 9.91. The van der Waals surface area contributed by atoms with Gasteiger partial charge in [-0.05, 0) is 53.9 Å². The smallest absolute Gasteiger partial charge is 0.408 e. The molecule has 2 N–H and O–H groups in total. The number of hydrogen-bond donors (Lipinski definition) is 2. The summed E-state index contributed by atoms with van der Waals surface area (Å²) in [5.41, 5.74) is 3.25. The van der Waals surface area contributed by atoms with E-state index in [1.807, 2.05) is 30.3 Å². The largest absolute Gasteiger partial charge is 0.417 e. The maximum Gasteiger partial charge on any atom is 0.417 e. The van der Waals surface area contributed by atoms with Crippen molar-refractivity contribution in [2.24, 2.45) is 11.8 Å². The Morgan fingerprint density at radius 3 is 2.62 bits per heavy atom. The first-order valence-electron chi connectivity index (χ1n) is 10.6. The fourth-order valence-corrected chi connectivity index (χ4v) is 5.59. The molecular weight excluding hydrogens is 364 g/mol. The Kier molecular flexibility index (Phi) is 4.60. The summed E-state index contributed by atoms with van der Waals surface area (Å²) < 4.78 is 5.21. The van der Waals surface area contributed by atoms with Crippen molar-refractivity contribution in [2.45, 2.75) is 37.7 Å². The maximum atomic E-state index is 11.4. The molecule has 0 amide bonds. The Hall–Kier alpha value is -2.37. The molecular formula is C24H28N2O3. The second-order valence-corrected chi connectivity index (χ2v) is 9.20. The third kappa shape index (κ3) is 3.77. The molecule has 29 heavy (non-hydrogen) atoms. The van der Waals surface area contributed by atoms with Crippen molar-refractivity contribution >= 4 is 11.1 Å². The summed E-state index contributed by atoms with van der Waals surface area (Å²) >= 11 is 0. The zero-order chi connectivity index (χ0) is 20.0. The van der Waals surface area contributed by atoms with Gasteiger partial charge in [0.1, 0.15) is 0 Å². The SMILES string of the molecule is CC(CN1CC2CC(O)(Cc3ccccc3)C[C@@H]2C1)c1ccc2[nH]c(=O)oc2c1. The van der Waals surface area contributed by atoms with Crippen LogP contribution in [-0.2, 0) is 6.42 Å². The standard InChI is InChI=1S/C24H28N2O3/c1-16(18-7-8-21-22(9-18)29-23(27)25-21)13-26-14-19-11-24(28,12-20(19)15-26)10-17-5-3-2-4-6-17/h2-9,16,19-20,28H,10-15H2,1H3,(H,25,27)/t16?,19-,20?,24?/m1/s1. The molecule has 2 aromatic carbocycles. The van der Waals surface area contributed by atoms with Crippen molar-refractivity contribution in [1.82, 2.24) is 9.88 Å². The second kappa shape index (κ2) is 7.15. The minimum Gasteiger partial charge on any atom is -0.408 e. The Morgan fingerprint density at radius 2 is 1.90 bits per heavy atom. The number of fused-ring (bicyclic) bond motifs is 2. The fourth-order valence-electron chi connectivity index (χ4n) is 5.59. The van der Waals surface area contributed by atoms with Crippen LogP contribution >= 0.6 is 0 Å². The van der Waals surface area contributed by atoms with E-state index < -0.39 is 11.4 Å². The molecule has 3 aromatic rings. The lowest BCUT2D eigenvalue weighted by molar-refractivity contribution is 0.0353. The van der Waals surface area contributed by atoms with Crippen LogP contribution in [0.5, 0.6) is 0 Å². The number of aliphatic hydroxyl groups is 1. The van der Waals surface area contributed by atoms with Crippen LogP contribution in [0.3, 0.4) is 0 Å². The molecule has 4 atom stereocenters. The minimum atomic E-state index is -0.550. The third-order valence-corrected chi connectivity index (χ3v) is 6.86. The van der Waals surface area contributed by atoms with Crippen LogP contribution in [0.25, 0.3) is 11.1 Å². The van der Waals surface area contributed by atoms with Gasteiger partial charge in [0.2, 0.25) is 0 Å². The highest BCUT2D eigenvalue weighted by Crippen LogP contribution is 2.45. The number of nitrogens with one attached hydrogen (secondary N) is 1. The topological polar surface area (TPSA) is 69.5 Å². The Labute approximate surface area is 170 Å². The zero-order valence-corrected chi connectivity index (χ0v) is 16.8. The van der Waals surface area contributed by atoms with E-state index in [9.17, 15) is 9.90 Å². The number of oxazole rings is 1. The van der Waals surface area contributed by atoms with Gasteiger partial charge in [-0.2, -0.15) is 0 Å². The number of aromatic amines is 1. The molecule has 2 heterocycles. The van der Waals surface area contributed by atoms with Crippen LogP contribution in [0.4, 0.5) is 0 Å². The molecule has 1 saturated heterocycles. The highest BCUT2D eigenvalue weighted by Gasteiger charge is 2.48. The highest BCUT2D eigenvalue weighted by atomic mass is 16.4. The minimum absolute atomic E-state index is 0.363. The average molecular weight is 392 g/mol. The number of hydrogen-bond acceptors (Lipinski definition) is 4. The first-order chi connectivity index (χ1) is 14.0. The molecule has 0 spiro atoms. The molecule has 1 aromatic heterocycles. The van der Waals surface area contributed by atoms with E-state index in [1.54, 1.807) is 0 Å². The van der Waals surface area contributed by atoms with Crippen molar-refractivity contribution in [3.8, 4) is 0 Å². The summed E-state index contributed by atoms with van der Waals surface area (Å²) in [7, 11) is 0. The van der Waals surface area contributed by atoms with Crippen molar-refractivity contribution < 1.29 is 9.52 Å². The average Bonchev–Trinajstić information content (AvgIpc) is 3.31. The van der Waals surface area contributed by atoms with Gasteiger partial charge >= 0.3 is 5.76 Å². The number of benzene rings is 2. The Morgan fingerprint density at radius 1 is 1.17 bits per heavy atom. The molecule has 1 aliphatic heterocycles. The Bertz CT molecular complexity index is 1040. The monoisotopic (exact) mass is 392 g/mol. The summed E-state index contributed by atoms with van der Waals surface area (Å²) in [6.07, 6.45) is 2.56. The molecule has 152 valence electrons. The second-order valence-electron chi connectivity index (χ2n) is 9.20. The van der Waals surface area contributed by atoms with Gasteiger partial charge in [-0.1, -0.05) is 43.3 Å². The molecule has 5 rings (SSSR count). The number of aromatic nitrogens is 1. The lowest BCUT2D eigenvalue weighted by Gasteiger charge is -2.27. The predicted octanol–water partition coefficient (Wildman–Crippen LogP) is 3.54. The first kappa shape index (κ1) is 18.6. The van der Waals surface area contributed by atoms with Crippen molar-refractivity contribution in [1.29, 1.82) is 0 Å². The van der Waals surface area contributed by atoms with E-state index in [0.717, 1.165) is 44.4 Å². The van der Waals surface area contributed by atoms with E-state index in [0.29, 0.717) is 23.3 Å². The number of nitrogens with zero attached hydrogens (tertiary/aromatic N) is 1. The van der Waals surface area contributed by atoms with Gasteiger partial charge in [0.05, 0.1) is 11.1 Å². The van der Waals surface area contributed by atoms with E-state index in [1.165, 1.54) is 11.1 Å². The molecule has 0 bridgehead atoms. The zero-order valence-electron chi connectivity index (χ0n) is 16.8.